The Morgan fingerprint density at radius 3 is 2.76 bits per heavy atom. The lowest BCUT2D eigenvalue weighted by Crippen LogP contribution is -2.43. The summed E-state index contributed by atoms with van der Waals surface area (Å²) in [6, 6.07) is 1.53. The first-order valence-electron chi connectivity index (χ1n) is 7.23. The molecule has 7 heteroatoms. The zero-order valence-electron chi connectivity index (χ0n) is 12.3. The Hall–Kier alpha value is -0.920. The smallest absolute Gasteiger partial charge is 0.346 e. The number of carbonyl (C=O) groups is 1. The van der Waals surface area contributed by atoms with Gasteiger partial charge in [0.15, 0.2) is 0 Å². The molecule has 1 aliphatic rings. The minimum Gasteiger partial charge on any atom is -0.477 e. The first-order valence-corrected chi connectivity index (χ1v) is 9.49. The van der Waals surface area contributed by atoms with Crippen LogP contribution in [0.25, 0.3) is 0 Å². The fraction of sp³-hybridized carbons (Fsp3) is 0.643. The quantitative estimate of drug-likeness (QED) is 0.899. The van der Waals surface area contributed by atoms with E-state index < -0.39 is 16.0 Å². The number of thiophene rings is 1. The van der Waals surface area contributed by atoms with E-state index in [0.717, 1.165) is 43.4 Å². The highest BCUT2D eigenvalue weighted by Crippen LogP contribution is 2.33. The molecule has 2 heterocycles. The molecule has 1 unspecified atom stereocenters. The Bertz CT molecular complexity index is 619. The molecule has 1 aromatic heterocycles. The summed E-state index contributed by atoms with van der Waals surface area (Å²) in [5.74, 6) is -1.07. The molecule has 1 saturated heterocycles. The Labute approximate surface area is 129 Å². The summed E-state index contributed by atoms with van der Waals surface area (Å²) < 4.78 is 27.3. The van der Waals surface area contributed by atoms with Crippen molar-refractivity contribution in [3.63, 3.8) is 0 Å². The second-order valence-corrected chi connectivity index (χ2v) is 8.61. The lowest BCUT2D eigenvalue weighted by atomic mass is 10.0. The number of hydrogen-bond acceptors (Lipinski definition) is 4. The Morgan fingerprint density at radius 1 is 1.48 bits per heavy atom. The normalized spacial score (nSPS) is 20.6. The Kier molecular flexibility index (Phi) is 5.06. The first kappa shape index (κ1) is 16.5. The van der Waals surface area contributed by atoms with Gasteiger partial charge in [-0.25, -0.2) is 13.2 Å². The maximum Gasteiger partial charge on any atom is 0.346 e. The standard InChI is InChI=1S/C14H21NO4S2/c1-3-6-11-7-4-5-8-15(11)21(18,19)12-9-10(2)13(20-12)14(16)17/h9,11H,3-8H2,1-2H3,(H,16,17). The molecule has 0 aliphatic carbocycles. The number of rotatable bonds is 5. The van der Waals surface area contributed by atoms with Gasteiger partial charge in [0.25, 0.3) is 10.0 Å². The van der Waals surface area contributed by atoms with E-state index in [1.165, 1.54) is 6.07 Å². The van der Waals surface area contributed by atoms with E-state index in [-0.39, 0.29) is 15.1 Å². The number of carboxylic acids is 1. The zero-order chi connectivity index (χ0) is 15.6. The highest BCUT2D eigenvalue weighted by molar-refractivity contribution is 7.91. The molecule has 0 spiro atoms. The van der Waals surface area contributed by atoms with Crippen molar-refractivity contribution in [2.45, 2.75) is 56.2 Å². The molecule has 0 bridgehead atoms. The molecule has 5 nitrogen and oxygen atoms in total. The van der Waals surface area contributed by atoms with Crippen LogP contribution in [0.2, 0.25) is 0 Å². The molecule has 1 atom stereocenters. The van der Waals surface area contributed by atoms with Crippen molar-refractivity contribution in [1.82, 2.24) is 4.31 Å². The number of piperidine rings is 1. The Morgan fingerprint density at radius 2 is 2.19 bits per heavy atom. The van der Waals surface area contributed by atoms with Gasteiger partial charge in [0, 0.05) is 12.6 Å². The van der Waals surface area contributed by atoms with E-state index in [1.807, 2.05) is 0 Å². The zero-order valence-corrected chi connectivity index (χ0v) is 14.0. The van der Waals surface area contributed by atoms with Crippen LogP contribution in [0.5, 0.6) is 0 Å². The van der Waals surface area contributed by atoms with Crippen LogP contribution in [0.15, 0.2) is 10.3 Å². The maximum atomic E-state index is 12.8. The van der Waals surface area contributed by atoms with E-state index in [4.69, 9.17) is 5.11 Å². The monoisotopic (exact) mass is 331 g/mol. The van der Waals surface area contributed by atoms with Crippen molar-refractivity contribution in [2.75, 3.05) is 6.54 Å². The molecule has 0 amide bonds. The van der Waals surface area contributed by atoms with Crippen LogP contribution in [-0.4, -0.2) is 36.4 Å². The fourth-order valence-electron chi connectivity index (χ4n) is 2.82. The highest BCUT2D eigenvalue weighted by Gasteiger charge is 2.34. The van der Waals surface area contributed by atoms with E-state index in [1.54, 1.807) is 11.2 Å². The molecule has 0 aromatic carbocycles. The highest BCUT2D eigenvalue weighted by atomic mass is 32.2. The van der Waals surface area contributed by atoms with Crippen molar-refractivity contribution in [3.8, 4) is 0 Å². The summed E-state index contributed by atoms with van der Waals surface area (Å²) in [5, 5.41) is 9.09. The molecule has 1 N–H and O–H groups in total. The molecular weight excluding hydrogens is 310 g/mol. The minimum atomic E-state index is -3.58. The maximum absolute atomic E-state index is 12.8. The number of aromatic carboxylic acids is 1. The van der Waals surface area contributed by atoms with Gasteiger partial charge in [-0.2, -0.15) is 4.31 Å². The molecular formula is C14H21NO4S2. The van der Waals surface area contributed by atoms with Crippen molar-refractivity contribution in [3.05, 3.63) is 16.5 Å². The van der Waals surface area contributed by atoms with Crippen molar-refractivity contribution in [1.29, 1.82) is 0 Å². The number of aryl methyl sites for hydroxylation is 1. The Balaban J connectivity index is 2.36. The summed E-state index contributed by atoms with van der Waals surface area (Å²) in [5.41, 5.74) is 0.509. The SMILES string of the molecule is CCCC1CCCCN1S(=O)(=O)c1cc(C)c(C(=O)O)s1. The lowest BCUT2D eigenvalue weighted by Gasteiger charge is -2.34. The van der Waals surface area contributed by atoms with Gasteiger partial charge >= 0.3 is 5.97 Å². The predicted octanol–water partition coefficient (Wildman–Crippen LogP) is 3.10. The summed E-state index contributed by atoms with van der Waals surface area (Å²) in [6.07, 6.45) is 4.62. The van der Waals surface area contributed by atoms with Crippen molar-refractivity contribution >= 4 is 27.3 Å². The van der Waals surface area contributed by atoms with Crippen molar-refractivity contribution < 1.29 is 18.3 Å². The average molecular weight is 331 g/mol. The summed E-state index contributed by atoms with van der Waals surface area (Å²) in [6.45, 7) is 4.22. The topological polar surface area (TPSA) is 74.7 Å². The largest absolute Gasteiger partial charge is 0.477 e. The molecule has 0 saturated carbocycles. The average Bonchev–Trinajstić information content (AvgIpc) is 2.82. The first-order chi connectivity index (χ1) is 9.87. The molecule has 1 fully saturated rings. The van der Waals surface area contributed by atoms with Crippen LogP contribution in [0.3, 0.4) is 0 Å². The molecule has 2 rings (SSSR count). The van der Waals surface area contributed by atoms with Gasteiger partial charge in [0.1, 0.15) is 9.09 Å². The summed E-state index contributed by atoms with van der Waals surface area (Å²) in [4.78, 5) is 11.2. The third kappa shape index (κ3) is 3.30. The molecule has 0 radical (unpaired) electrons. The van der Waals surface area contributed by atoms with Gasteiger partial charge in [0.2, 0.25) is 0 Å². The molecule has 21 heavy (non-hydrogen) atoms. The van der Waals surface area contributed by atoms with Crippen LogP contribution in [0.1, 0.15) is 54.3 Å². The number of hydrogen-bond donors (Lipinski definition) is 1. The molecule has 118 valence electrons. The van der Waals surface area contributed by atoms with Crippen LogP contribution >= 0.6 is 11.3 Å². The van der Waals surface area contributed by atoms with E-state index in [0.29, 0.717) is 12.1 Å². The molecule has 1 aliphatic heterocycles. The minimum absolute atomic E-state index is 0.0458. The third-order valence-electron chi connectivity index (χ3n) is 3.85. The van der Waals surface area contributed by atoms with Gasteiger partial charge in [-0.15, -0.1) is 11.3 Å². The lowest BCUT2D eigenvalue weighted by molar-refractivity contribution is 0.0701. The number of carboxylic acid groups (broad SMARTS) is 1. The summed E-state index contributed by atoms with van der Waals surface area (Å²) >= 11 is 0.859. The van der Waals surface area contributed by atoms with Gasteiger partial charge in [-0.3, -0.25) is 0 Å². The van der Waals surface area contributed by atoms with Crippen LogP contribution in [0, 0.1) is 6.92 Å². The van der Waals surface area contributed by atoms with Crippen LogP contribution in [-0.2, 0) is 10.0 Å². The van der Waals surface area contributed by atoms with Crippen LogP contribution in [0.4, 0.5) is 0 Å². The predicted molar refractivity (Wildman–Crippen MR) is 82.5 cm³/mol. The van der Waals surface area contributed by atoms with Crippen LogP contribution < -0.4 is 0 Å². The van der Waals surface area contributed by atoms with Gasteiger partial charge in [-0.05, 0) is 37.8 Å². The van der Waals surface area contributed by atoms with E-state index >= 15 is 0 Å². The number of nitrogens with zero attached hydrogens (tertiary/aromatic N) is 1. The second-order valence-electron chi connectivity index (χ2n) is 5.44. The third-order valence-corrected chi connectivity index (χ3v) is 7.47. The van der Waals surface area contributed by atoms with Gasteiger partial charge in [-0.1, -0.05) is 19.8 Å². The van der Waals surface area contributed by atoms with Gasteiger partial charge < -0.3 is 5.11 Å². The molecule has 1 aromatic rings. The fourth-order valence-corrected chi connectivity index (χ4v) is 6.05. The van der Waals surface area contributed by atoms with E-state index in [2.05, 4.69) is 6.92 Å². The number of sulfonamides is 1. The second kappa shape index (κ2) is 6.46. The summed E-state index contributed by atoms with van der Waals surface area (Å²) in [7, 11) is -3.58. The van der Waals surface area contributed by atoms with Gasteiger partial charge in [0.05, 0.1) is 0 Å². The van der Waals surface area contributed by atoms with Crippen molar-refractivity contribution in [2.24, 2.45) is 0 Å². The van der Waals surface area contributed by atoms with E-state index in [9.17, 15) is 13.2 Å².